The number of carbonyl (C=O) groups is 2. The molecule has 0 amide bonds. The standard InChI is InChI=1S/C10H15NO3/c1-11(2,3)9-5-4-7(12)6-8(9)10(13)14/h6,9H,4-5H2,1-3H3/p+1. The van der Waals surface area contributed by atoms with E-state index in [1.54, 1.807) is 0 Å². The van der Waals surface area contributed by atoms with Crippen molar-refractivity contribution in [1.82, 2.24) is 0 Å². The molecule has 0 spiro atoms. The van der Waals surface area contributed by atoms with E-state index < -0.39 is 5.97 Å². The Labute approximate surface area is 83.4 Å². The van der Waals surface area contributed by atoms with Crippen LogP contribution in [0.2, 0.25) is 0 Å². The number of ketones is 1. The third-order valence-electron chi connectivity index (χ3n) is 2.52. The van der Waals surface area contributed by atoms with Crippen LogP contribution in [0.1, 0.15) is 12.8 Å². The average Bonchev–Trinajstić information content (AvgIpc) is 2.01. The summed E-state index contributed by atoms with van der Waals surface area (Å²) in [6, 6.07) is -0.0785. The Morgan fingerprint density at radius 3 is 2.50 bits per heavy atom. The van der Waals surface area contributed by atoms with Crippen molar-refractivity contribution in [3.63, 3.8) is 0 Å². The quantitative estimate of drug-likeness (QED) is 0.655. The van der Waals surface area contributed by atoms with E-state index in [-0.39, 0.29) is 17.4 Å². The molecule has 1 rings (SSSR count). The lowest BCUT2D eigenvalue weighted by Crippen LogP contribution is -2.49. The van der Waals surface area contributed by atoms with Crippen molar-refractivity contribution in [1.29, 1.82) is 0 Å². The van der Waals surface area contributed by atoms with Crippen LogP contribution in [0.3, 0.4) is 0 Å². The van der Waals surface area contributed by atoms with Gasteiger partial charge in [-0.15, -0.1) is 0 Å². The normalized spacial score (nSPS) is 23.2. The first-order valence-corrected chi connectivity index (χ1v) is 4.61. The van der Waals surface area contributed by atoms with Crippen LogP contribution in [0.15, 0.2) is 11.6 Å². The second-order valence-corrected chi connectivity index (χ2v) is 4.54. The lowest BCUT2D eigenvalue weighted by Gasteiger charge is -2.35. The van der Waals surface area contributed by atoms with Gasteiger partial charge in [0.15, 0.2) is 5.78 Å². The Morgan fingerprint density at radius 1 is 1.50 bits per heavy atom. The Kier molecular flexibility index (Phi) is 2.76. The van der Waals surface area contributed by atoms with Crippen molar-refractivity contribution in [2.75, 3.05) is 21.1 Å². The maximum atomic E-state index is 11.1. The number of carboxylic acids is 1. The third kappa shape index (κ3) is 2.20. The summed E-state index contributed by atoms with van der Waals surface area (Å²) < 4.78 is 0.547. The number of likely N-dealkylation sites (N-methyl/N-ethyl adjacent to an activating group) is 1. The van der Waals surface area contributed by atoms with Gasteiger partial charge in [-0.25, -0.2) is 4.79 Å². The molecular weight excluding hydrogens is 182 g/mol. The highest BCUT2D eigenvalue weighted by Crippen LogP contribution is 2.23. The van der Waals surface area contributed by atoms with E-state index in [2.05, 4.69) is 0 Å². The zero-order valence-corrected chi connectivity index (χ0v) is 8.78. The number of quaternary nitrogens is 1. The number of hydrogen-bond acceptors (Lipinski definition) is 2. The molecule has 0 aromatic rings. The molecule has 0 aliphatic heterocycles. The van der Waals surface area contributed by atoms with Crippen LogP contribution in [0.5, 0.6) is 0 Å². The maximum Gasteiger partial charge on any atom is 0.337 e. The molecule has 0 aromatic heterocycles. The molecule has 0 heterocycles. The topological polar surface area (TPSA) is 54.4 Å². The van der Waals surface area contributed by atoms with Crippen molar-refractivity contribution in [3.8, 4) is 0 Å². The monoisotopic (exact) mass is 198 g/mol. The number of rotatable bonds is 2. The fourth-order valence-electron chi connectivity index (χ4n) is 1.79. The fourth-order valence-corrected chi connectivity index (χ4v) is 1.79. The van der Waals surface area contributed by atoms with Gasteiger partial charge in [-0.2, -0.15) is 0 Å². The van der Waals surface area contributed by atoms with Gasteiger partial charge in [0.1, 0.15) is 6.04 Å². The lowest BCUT2D eigenvalue weighted by atomic mass is 9.91. The van der Waals surface area contributed by atoms with Crippen molar-refractivity contribution < 1.29 is 19.2 Å². The van der Waals surface area contributed by atoms with Crippen molar-refractivity contribution >= 4 is 11.8 Å². The summed E-state index contributed by atoms with van der Waals surface area (Å²) in [7, 11) is 5.83. The largest absolute Gasteiger partial charge is 0.478 e. The second kappa shape index (κ2) is 3.53. The molecule has 14 heavy (non-hydrogen) atoms. The first-order chi connectivity index (χ1) is 6.32. The van der Waals surface area contributed by atoms with Crippen LogP contribution in [0, 0.1) is 0 Å². The van der Waals surface area contributed by atoms with E-state index in [0.29, 0.717) is 17.3 Å². The minimum Gasteiger partial charge on any atom is -0.478 e. The van der Waals surface area contributed by atoms with Crippen molar-refractivity contribution in [3.05, 3.63) is 11.6 Å². The van der Waals surface area contributed by atoms with E-state index in [9.17, 15) is 9.59 Å². The maximum absolute atomic E-state index is 11.1. The minimum absolute atomic E-state index is 0.0768. The van der Waals surface area contributed by atoms with Crippen LogP contribution in [-0.4, -0.2) is 48.5 Å². The van der Waals surface area contributed by atoms with Gasteiger partial charge in [0.05, 0.1) is 26.7 Å². The third-order valence-corrected chi connectivity index (χ3v) is 2.52. The number of nitrogens with zero attached hydrogens (tertiary/aromatic N) is 1. The molecule has 0 aromatic carbocycles. The molecule has 1 aliphatic carbocycles. The average molecular weight is 198 g/mol. The van der Waals surface area contributed by atoms with Crippen molar-refractivity contribution in [2.45, 2.75) is 18.9 Å². The van der Waals surface area contributed by atoms with E-state index in [4.69, 9.17) is 5.11 Å². The Bertz CT molecular complexity index is 299. The summed E-state index contributed by atoms with van der Waals surface area (Å²) in [6.45, 7) is 0. The lowest BCUT2D eigenvalue weighted by molar-refractivity contribution is -0.890. The predicted molar refractivity (Wildman–Crippen MR) is 51.8 cm³/mol. The van der Waals surface area contributed by atoms with Gasteiger partial charge >= 0.3 is 5.97 Å². The molecule has 0 saturated heterocycles. The van der Waals surface area contributed by atoms with Crippen LogP contribution in [0.4, 0.5) is 0 Å². The van der Waals surface area contributed by atoms with E-state index in [1.165, 1.54) is 6.08 Å². The zero-order valence-electron chi connectivity index (χ0n) is 8.78. The molecule has 4 heteroatoms. The molecule has 78 valence electrons. The van der Waals surface area contributed by atoms with Crippen molar-refractivity contribution in [2.24, 2.45) is 0 Å². The number of hydrogen-bond donors (Lipinski definition) is 1. The Morgan fingerprint density at radius 2 is 2.07 bits per heavy atom. The number of carboxylic acid groups (broad SMARTS) is 1. The molecule has 1 N–H and O–H groups in total. The first kappa shape index (κ1) is 10.9. The smallest absolute Gasteiger partial charge is 0.337 e. The number of carbonyl (C=O) groups excluding carboxylic acids is 1. The number of aliphatic carboxylic acids is 1. The van der Waals surface area contributed by atoms with E-state index >= 15 is 0 Å². The summed E-state index contributed by atoms with van der Waals surface area (Å²) in [5.74, 6) is -1.05. The summed E-state index contributed by atoms with van der Waals surface area (Å²) in [5.41, 5.74) is 0.244. The van der Waals surface area contributed by atoms with Crippen LogP contribution in [-0.2, 0) is 9.59 Å². The van der Waals surface area contributed by atoms with Gasteiger partial charge in [-0.05, 0) is 6.08 Å². The molecule has 0 radical (unpaired) electrons. The fraction of sp³-hybridized carbons (Fsp3) is 0.600. The molecular formula is C10H16NO3+. The summed E-state index contributed by atoms with van der Waals surface area (Å²) in [5, 5.41) is 8.96. The van der Waals surface area contributed by atoms with Gasteiger partial charge in [0, 0.05) is 12.8 Å². The molecule has 1 aliphatic rings. The molecule has 0 saturated carbocycles. The molecule has 1 unspecified atom stereocenters. The van der Waals surface area contributed by atoms with Crippen LogP contribution < -0.4 is 0 Å². The highest BCUT2D eigenvalue weighted by atomic mass is 16.4. The summed E-state index contributed by atoms with van der Waals surface area (Å²) in [6.07, 6.45) is 2.36. The first-order valence-electron chi connectivity index (χ1n) is 4.61. The predicted octanol–water partition coefficient (Wildman–Crippen LogP) is 0.435. The highest BCUT2D eigenvalue weighted by molar-refractivity contribution is 6.00. The zero-order chi connectivity index (χ0) is 10.9. The van der Waals surface area contributed by atoms with Gasteiger partial charge in [0.25, 0.3) is 0 Å². The molecule has 0 fully saturated rings. The Hall–Kier alpha value is -1.16. The van der Waals surface area contributed by atoms with Crippen LogP contribution in [0.25, 0.3) is 0 Å². The molecule has 4 nitrogen and oxygen atoms in total. The second-order valence-electron chi connectivity index (χ2n) is 4.54. The van der Waals surface area contributed by atoms with Crippen LogP contribution >= 0.6 is 0 Å². The summed E-state index contributed by atoms with van der Waals surface area (Å²) >= 11 is 0. The number of allylic oxidation sites excluding steroid dienone is 1. The summed E-state index contributed by atoms with van der Waals surface area (Å²) in [4.78, 5) is 22.0. The van der Waals surface area contributed by atoms with Gasteiger partial charge in [-0.1, -0.05) is 0 Å². The SMILES string of the molecule is C[N+](C)(C)C1CCC(=O)C=C1C(=O)O. The van der Waals surface area contributed by atoms with E-state index in [0.717, 1.165) is 0 Å². The Balaban J connectivity index is 3.03. The van der Waals surface area contributed by atoms with Gasteiger partial charge in [-0.3, -0.25) is 4.79 Å². The molecule has 0 bridgehead atoms. The van der Waals surface area contributed by atoms with Gasteiger partial charge in [0.2, 0.25) is 0 Å². The molecule has 1 atom stereocenters. The highest BCUT2D eigenvalue weighted by Gasteiger charge is 2.35. The minimum atomic E-state index is -0.976. The van der Waals surface area contributed by atoms with Gasteiger partial charge < -0.3 is 9.59 Å². The van der Waals surface area contributed by atoms with E-state index in [1.807, 2.05) is 21.1 Å².